The predicted molar refractivity (Wildman–Crippen MR) is 67.8 cm³/mol. The largest absolute Gasteiger partial charge is 0.352 e. The second kappa shape index (κ2) is 7.21. The van der Waals surface area contributed by atoms with Crippen LogP contribution in [-0.2, 0) is 9.59 Å². The van der Waals surface area contributed by atoms with Crippen LogP contribution in [0.4, 0.5) is 8.78 Å². The van der Waals surface area contributed by atoms with E-state index in [4.69, 9.17) is 0 Å². The first-order valence-electron chi connectivity index (χ1n) is 6.49. The molecule has 0 aromatic rings. The molecule has 1 aliphatic carbocycles. The fraction of sp³-hybridized carbons (Fsp3) is 0.692. The third-order valence-corrected chi connectivity index (χ3v) is 3.39. The number of carbonyl (C=O) groups excluding carboxylic acids is 2. The molecule has 0 radical (unpaired) electrons. The molecule has 1 fully saturated rings. The molecule has 1 aliphatic rings. The van der Waals surface area contributed by atoms with E-state index in [9.17, 15) is 18.4 Å². The van der Waals surface area contributed by atoms with Gasteiger partial charge in [0.1, 0.15) is 5.54 Å². The zero-order valence-corrected chi connectivity index (χ0v) is 10.9. The number of amides is 2. The zero-order chi connectivity index (χ0) is 14.3. The van der Waals surface area contributed by atoms with Crippen LogP contribution in [0.5, 0.6) is 0 Å². The highest BCUT2D eigenvalue weighted by molar-refractivity contribution is 5.87. The standard InChI is InChI=1S/C13H20F2N2O2/c1-2-10(18)16-9-6-11(19)17-13(12(14)15)7-4-3-5-8-13/h2,12H,1,3-9H2,(H,16,18)(H,17,19). The number of halogens is 2. The molecule has 2 N–H and O–H groups in total. The van der Waals surface area contributed by atoms with E-state index in [1.54, 1.807) is 0 Å². The van der Waals surface area contributed by atoms with Gasteiger partial charge < -0.3 is 10.6 Å². The van der Waals surface area contributed by atoms with Crippen LogP contribution in [-0.4, -0.2) is 30.3 Å². The lowest BCUT2D eigenvalue weighted by Gasteiger charge is -2.37. The van der Waals surface area contributed by atoms with Crippen LogP contribution in [0.15, 0.2) is 12.7 Å². The molecule has 0 aliphatic heterocycles. The smallest absolute Gasteiger partial charge is 0.261 e. The van der Waals surface area contributed by atoms with E-state index < -0.39 is 17.9 Å². The molecule has 0 unspecified atom stereocenters. The topological polar surface area (TPSA) is 58.2 Å². The first kappa shape index (κ1) is 15.6. The summed E-state index contributed by atoms with van der Waals surface area (Å²) in [5, 5.41) is 4.89. The van der Waals surface area contributed by atoms with Gasteiger partial charge in [-0.2, -0.15) is 0 Å². The van der Waals surface area contributed by atoms with E-state index in [2.05, 4.69) is 17.2 Å². The van der Waals surface area contributed by atoms with Gasteiger partial charge in [0.2, 0.25) is 11.8 Å². The molecule has 0 aromatic carbocycles. The van der Waals surface area contributed by atoms with Crippen molar-refractivity contribution in [2.45, 2.75) is 50.5 Å². The Hall–Kier alpha value is -1.46. The molecule has 1 rings (SSSR count). The maximum absolute atomic E-state index is 13.1. The third kappa shape index (κ3) is 4.61. The summed E-state index contributed by atoms with van der Waals surface area (Å²) in [4.78, 5) is 22.5. The van der Waals surface area contributed by atoms with Gasteiger partial charge in [-0.05, 0) is 18.9 Å². The molecule has 0 atom stereocenters. The summed E-state index contributed by atoms with van der Waals surface area (Å²) < 4.78 is 26.3. The summed E-state index contributed by atoms with van der Waals surface area (Å²) in [6.45, 7) is 3.40. The lowest BCUT2D eigenvalue weighted by Crippen LogP contribution is -2.55. The maximum atomic E-state index is 13.1. The van der Waals surface area contributed by atoms with Gasteiger partial charge in [-0.3, -0.25) is 9.59 Å². The summed E-state index contributed by atoms with van der Waals surface area (Å²) in [7, 11) is 0. The molecular weight excluding hydrogens is 254 g/mol. The molecule has 4 nitrogen and oxygen atoms in total. The van der Waals surface area contributed by atoms with Crippen LogP contribution in [0, 0.1) is 0 Å². The molecule has 0 bridgehead atoms. The molecule has 2 amide bonds. The second-order valence-corrected chi connectivity index (χ2v) is 4.81. The summed E-state index contributed by atoms with van der Waals surface area (Å²) in [6, 6.07) is 0. The van der Waals surface area contributed by atoms with E-state index in [1.807, 2.05) is 0 Å². The summed E-state index contributed by atoms with van der Waals surface area (Å²) in [5.41, 5.74) is -1.38. The Bertz CT molecular complexity index is 340. The first-order chi connectivity index (χ1) is 9.00. The lowest BCUT2D eigenvalue weighted by atomic mass is 9.82. The Kier molecular flexibility index (Phi) is 5.92. The van der Waals surface area contributed by atoms with Gasteiger partial charge in [-0.25, -0.2) is 8.78 Å². The van der Waals surface area contributed by atoms with Crippen molar-refractivity contribution in [1.29, 1.82) is 0 Å². The highest BCUT2D eigenvalue weighted by Gasteiger charge is 2.41. The molecular formula is C13H20F2N2O2. The minimum absolute atomic E-state index is 0.00590. The van der Waals surface area contributed by atoms with E-state index in [0.29, 0.717) is 25.7 Å². The van der Waals surface area contributed by atoms with Crippen molar-refractivity contribution >= 4 is 11.8 Å². The quantitative estimate of drug-likeness (QED) is 0.725. The van der Waals surface area contributed by atoms with Gasteiger partial charge >= 0.3 is 0 Å². The second-order valence-electron chi connectivity index (χ2n) is 4.81. The number of carbonyl (C=O) groups is 2. The first-order valence-corrected chi connectivity index (χ1v) is 6.49. The van der Waals surface area contributed by atoms with Crippen LogP contribution in [0.1, 0.15) is 38.5 Å². The van der Waals surface area contributed by atoms with Gasteiger partial charge in [0, 0.05) is 13.0 Å². The van der Waals surface area contributed by atoms with Crippen LogP contribution in [0.3, 0.4) is 0 Å². The predicted octanol–water partition coefficient (Wildman–Crippen LogP) is 1.76. The zero-order valence-electron chi connectivity index (χ0n) is 10.9. The molecule has 0 aromatic heterocycles. The van der Waals surface area contributed by atoms with Crippen molar-refractivity contribution < 1.29 is 18.4 Å². The molecule has 19 heavy (non-hydrogen) atoms. The van der Waals surface area contributed by atoms with Crippen molar-refractivity contribution in [2.24, 2.45) is 0 Å². The van der Waals surface area contributed by atoms with Crippen LogP contribution in [0.2, 0.25) is 0 Å². The summed E-state index contributed by atoms with van der Waals surface area (Å²) in [6.07, 6.45) is 1.51. The van der Waals surface area contributed by atoms with Gasteiger partial charge in [0.25, 0.3) is 6.43 Å². The van der Waals surface area contributed by atoms with Gasteiger partial charge in [-0.15, -0.1) is 0 Å². The maximum Gasteiger partial charge on any atom is 0.261 e. The van der Waals surface area contributed by atoms with Gasteiger partial charge in [0.15, 0.2) is 0 Å². The summed E-state index contributed by atoms with van der Waals surface area (Å²) >= 11 is 0. The number of hydrogen-bond donors (Lipinski definition) is 2. The summed E-state index contributed by atoms with van der Waals surface area (Å²) in [5.74, 6) is -0.833. The average Bonchev–Trinajstić information content (AvgIpc) is 2.39. The molecule has 0 spiro atoms. The minimum Gasteiger partial charge on any atom is -0.352 e. The Morgan fingerprint density at radius 2 is 1.89 bits per heavy atom. The molecule has 108 valence electrons. The van der Waals surface area contributed by atoms with Crippen molar-refractivity contribution in [3.05, 3.63) is 12.7 Å². The number of rotatable bonds is 6. The Morgan fingerprint density at radius 3 is 2.42 bits per heavy atom. The molecule has 0 saturated heterocycles. The van der Waals surface area contributed by atoms with E-state index in [1.165, 1.54) is 0 Å². The van der Waals surface area contributed by atoms with Crippen molar-refractivity contribution in [1.82, 2.24) is 10.6 Å². The van der Waals surface area contributed by atoms with E-state index in [0.717, 1.165) is 12.5 Å². The fourth-order valence-electron chi connectivity index (χ4n) is 2.29. The minimum atomic E-state index is -2.56. The van der Waals surface area contributed by atoms with Crippen LogP contribution < -0.4 is 10.6 Å². The number of alkyl halides is 2. The molecule has 6 heteroatoms. The highest BCUT2D eigenvalue weighted by Crippen LogP contribution is 2.33. The van der Waals surface area contributed by atoms with E-state index >= 15 is 0 Å². The fourth-order valence-corrected chi connectivity index (χ4v) is 2.29. The lowest BCUT2D eigenvalue weighted by molar-refractivity contribution is -0.126. The third-order valence-electron chi connectivity index (χ3n) is 3.39. The number of nitrogens with one attached hydrogen (secondary N) is 2. The molecule has 1 saturated carbocycles. The SMILES string of the molecule is C=CC(=O)NCCC(=O)NC1(C(F)F)CCCCC1. The van der Waals surface area contributed by atoms with Crippen molar-refractivity contribution in [3.63, 3.8) is 0 Å². The Balaban J connectivity index is 2.43. The average molecular weight is 274 g/mol. The molecule has 0 heterocycles. The van der Waals surface area contributed by atoms with Gasteiger partial charge in [0.05, 0.1) is 0 Å². The van der Waals surface area contributed by atoms with Crippen molar-refractivity contribution in [3.8, 4) is 0 Å². The normalized spacial score (nSPS) is 17.8. The van der Waals surface area contributed by atoms with Gasteiger partial charge in [-0.1, -0.05) is 25.8 Å². The van der Waals surface area contributed by atoms with Crippen LogP contribution >= 0.6 is 0 Å². The van der Waals surface area contributed by atoms with Crippen LogP contribution in [0.25, 0.3) is 0 Å². The number of hydrogen-bond acceptors (Lipinski definition) is 2. The highest BCUT2D eigenvalue weighted by atomic mass is 19.3. The Morgan fingerprint density at radius 1 is 1.26 bits per heavy atom. The Labute approximate surface area is 111 Å². The van der Waals surface area contributed by atoms with E-state index in [-0.39, 0.29) is 18.9 Å². The monoisotopic (exact) mass is 274 g/mol. The van der Waals surface area contributed by atoms with Crippen molar-refractivity contribution in [2.75, 3.05) is 6.54 Å².